The highest BCUT2D eigenvalue weighted by Crippen LogP contribution is 2.25. The predicted octanol–water partition coefficient (Wildman–Crippen LogP) is 3.10. The van der Waals surface area contributed by atoms with E-state index in [1.54, 1.807) is 0 Å². The van der Waals surface area contributed by atoms with Crippen molar-refractivity contribution in [2.24, 2.45) is 5.73 Å². The fraction of sp³-hybridized carbons (Fsp3) is 0.500. The molecule has 0 radical (unpaired) electrons. The van der Waals surface area contributed by atoms with Crippen LogP contribution in [0.15, 0.2) is 18.2 Å². The van der Waals surface area contributed by atoms with Gasteiger partial charge >= 0.3 is 0 Å². The van der Waals surface area contributed by atoms with Crippen molar-refractivity contribution >= 4 is 24.0 Å². The average Bonchev–Trinajstić information content (AvgIpc) is 2.40. The zero-order chi connectivity index (χ0) is 14.1. The fourth-order valence-electron chi connectivity index (χ4n) is 1.76. The van der Waals surface area contributed by atoms with Crippen molar-refractivity contribution in [1.82, 2.24) is 0 Å². The fourth-order valence-corrected chi connectivity index (χ4v) is 1.76. The molecule has 3 N–H and O–H groups in total. The van der Waals surface area contributed by atoms with Gasteiger partial charge in [0, 0.05) is 12.5 Å². The van der Waals surface area contributed by atoms with E-state index in [4.69, 9.17) is 10.5 Å². The number of hydrogen-bond acceptors (Lipinski definition) is 3. The number of nitrogens with one attached hydrogen (secondary N) is 1. The van der Waals surface area contributed by atoms with Gasteiger partial charge in [0.25, 0.3) is 0 Å². The number of methoxy groups -OCH3 is 1. The summed E-state index contributed by atoms with van der Waals surface area (Å²) in [5.74, 6) is -0.147. The molecule has 0 aliphatic carbocycles. The van der Waals surface area contributed by atoms with Crippen LogP contribution in [0.25, 0.3) is 0 Å². The minimum Gasteiger partial charge on any atom is -0.494 e. The molecule has 4 nitrogen and oxygen atoms in total. The first kappa shape index (κ1) is 18.7. The highest BCUT2D eigenvalue weighted by molar-refractivity contribution is 5.92. The van der Waals surface area contributed by atoms with Crippen molar-refractivity contribution in [1.29, 1.82) is 0 Å². The number of benzene rings is 1. The number of halogens is 2. The number of anilines is 1. The molecule has 0 spiro atoms. The highest BCUT2D eigenvalue weighted by Gasteiger charge is 2.08. The second-order valence-corrected chi connectivity index (χ2v) is 4.35. The Balaban J connectivity index is 0.00000361. The lowest BCUT2D eigenvalue weighted by atomic mass is 10.1. The molecule has 0 fully saturated rings. The molecule has 1 aromatic rings. The zero-order valence-corrected chi connectivity index (χ0v) is 12.5. The number of ether oxygens (including phenoxy) is 1. The number of carbonyl (C=O) groups excluding carboxylic acids is 1. The third kappa shape index (κ3) is 6.73. The lowest BCUT2D eigenvalue weighted by Gasteiger charge is -2.10. The van der Waals surface area contributed by atoms with Crippen molar-refractivity contribution in [2.75, 3.05) is 19.0 Å². The number of unbranched alkanes of at least 4 members (excludes halogenated alkanes) is 3. The average molecular weight is 305 g/mol. The minimum atomic E-state index is -0.392. The molecule has 0 atom stereocenters. The Morgan fingerprint density at radius 2 is 2.00 bits per heavy atom. The molecular weight excluding hydrogens is 283 g/mol. The number of hydrogen-bond donors (Lipinski definition) is 2. The van der Waals surface area contributed by atoms with E-state index < -0.39 is 5.82 Å². The molecule has 0 unspecified atom stereocenters. The van der Waals surface area contributed by atoms with Gasteiger partial charge in [-0.3, -0.25) is 4.79 Å². The van der Waals surface area contributed by atoms with E-state index in [0.29, 0.717) is 24.4 Å². The van der Waals surface area contributed by atoms with Crippen LogP contribution in [0.1, 0.15) is 32.1 Å². The van der Waals surface area contributed by atoms with Crippen LogP contribution in [-0.2, 0) is 4.79 Å². The van der Waals surface area contributed by atoms with Crippen molar-refractivity contribution in [2.45, 2.75) is 32.1 Å². The first-order valence-electron chi connectivity index (χ1n) is 6.51. The van der Waals surface area contributed by atoms with Crippen LogP contribution in [0.3, 0.4) is 0 Å². The summed E-state index contributed by atoms with van der Waals surface area (Å²) in [6.45, 7) is 0.693. The molecule has 1 aromatic carbocycles. The first-order chi connectivity index (χ1) is 9.17. The molecule has 0 aliphatic heterocycles. The quantitative estimate of drug-likeness (QED) is 0.725. The number of carbonyl (C=O) groups is 1. The molecule has 114 valence electrons. The Labute approximate surface area is 125 Å². The van der Waals surface area contributed by atoms with Gasteiger partial charge in [0.05, 0.1) is 12.8 Å². The van der Waals surface area contributed by atoms with Crippen molar-refractivity contribution in [3.05, 3.63) is 24.0 Å². The number of amides is 1. The van der Waals surface area contributed by atoms with Crippen LogP contribution in [0.2, 0.25) is 0 Å². The van der Waals surface area contributed by atoms with Gasteiger partial charge in [-0.25, -0.2) is 4.39 Å². The molecule has 0 heterocycles. The van der Waals surface area contributed by atoms with Crippen molar-refractivity contribution < 1.29 is 13.9 Å². The van der Waals surface area contributed by atoms with Crippen LogP contribution in [0, 0.1) is 5.82 Å². The normalized spacial score (nSPS) is 9.75. The first-order valence-corrected chi connectivity index (χ1v) is 6.51. The second-order valence-electron chi connectivity index (χ2n) is 4.35. The second kappa shape index (κ2) is 10.5. The summed E-state index contributed by atoms with van der Waals surface area (Å²) in [5, 5.41) is 2.72. The van der Waals surface area contributed by atoms with Crippen molar-refractivity contribution in [3.8, 4) is 5.75 Å². The molecule has 1 amide bonds. The molecule has 0 bridgehead atoms. The lowest BCUT2D eigenvalue weighted by Crippen LogP contribution is -2.12. The van der Waals surface area contributed by atoms with Gasteiger partial charge in [-0.2, -0.15) is 0 Å². The van der Waals surface area contributed by atoms with E-state index in [-0.39, 0.29) is 18.3 Å². The van der Waals surface area contributed by atoms with E-state index in [1.165, 1.54) is 25.3 Å². The van der Waals surface area contributed by atoms with Gasteiger partial charge in [0.1, 0.15) is 11.6 Å². The molecular formula is C14H22ClFN2O2. The van der Waals surface area contributed by atoms with Crippen LogP contribution in [0.5, 0.6) is 5.75 Å². The van der Waals surface area contributed by atoms with E-state index in [0.717, 1.165) is 25.7 Å². The Hall–Kier alpha value is -1.33. The SMILES string of the molecule is COc1cc(F)ccc1NC(=O)CCCCCCN.Cl. The Bertz CT molecular complexity index is 416. The maximum atomic E-state index is 13.0. The van der Waals surface area contributed by atoms with Crippen LogP contribution < -0.4 is 15.8 Å². The van der Waals surface area contributed by atoms with Gasteiger partial charge in [-0.05, 0) is 31.5 Å². The van der Waals surface area contributed by atoms with Crippen molar-refractivity contribution in [3.63, 3.8) is 0 Å². The largest absolute Gasteiger partial charge is 0.494 e. The monoisotopic (exact) mass is 304 g/mol. The summed E-state index contributed by atoms with van der Waals surface area (Å²) in [4.78, 5) is 11.7. The maximum Gasteiger partial charge on any atom is 0.224 e. The smallest absolute Gasteiger partial charge is 0.224 e. The lowest BCUT2D eigenvalue weighted by molar-refractivity contribution is -0.116. The van der Waals surface area contributed by atoms with E-state index in [1.807, 2.05) is 0 Å². The maximum absolute atomic E-state index is 13.0. The van der Waals surface area contributed by atoms with E-state index in [2.05, 4.69) is 5.32 Å². The predicted molar refractivity (Wildman–Crippen MR) is 81.0 cm³/mol. The Morgan fingerprint density at radius 1 is 1.30 bits per heavy atom. The standard InChI is InChI=1S/C14H21FN2O2.ClH/c1-19-13-10-11(15)7-8-12(13)17-14(18)6-4-2-3-5-9-16;/h7-8,10H,2-6,9,16H2,1H3,(H,17,18);1H. The molecule has 0 aromatic heterocycles. The van der Waals surface area contributed by atoms with Gasteiger partial charge in [0.2, 0.25) is 5.91 Å². The Kier molecular flexibility index (Phi) is 9.76. The van der Waals surface area contributed by atoms with Gasteiger partial charge in [-0.1, -0.05) is 12.8 Å². The summed E-state index contributed by atoms with van der Waals surface area (Å²) in [5.41, 5.74) is 5.89. The summed E-state index contributed by atoms with van der Waals surface area (Å²) in [7, 11) is 1.44. The highest BCUT2D eigenvalue weighted by atomic mass is 35.5. The number of rotatable bonds is 8. The van der Waals surface area contributed by atoms with Crippen LogP contribution >= 0.6 is 12.4 Å². The Morgan fingerprint density at radius 3 is 2.65 bits per heavy atom. The minimum absolute atomic E-state index is 0. The van der Waals surface area contributed by atoms with E-state index >= 15 is 0 Å². The number of nitrogens with two attached hydrogens (primary N) is 1. The summed E-state index contributed by atoms with van der Waals surface area (Å²) < 4.78 is 18.0. The molecule has 0 saturated carbocycles. The molecule has 0 saturated heterocycles. The third-order valence-corrected chi connectivity index (χ3v) is 2.80. The summed E-state index contributed by atoms with van der Waals surface area (Å²) in [6, 6.07) is 4.04. The van der Waals surface area contributed by atoms with Gasteiger partial charge in [-0.15, -0.1) is 12.4 Å². The molecule has 6 heteroatoms. The van der Waals surface area contributed by atoms with Gasteiger partial charge < -0.3 is 15.8 Å². The van der Waals surface area contributed by atoms with Gasteiger partial charge in [0.15, 0.2) is 0 Å². The van der Waals surface area contributed by atoms with E-state index in [9.17, 15) is 9.18 Å². The third-order valence-electron chi connectivity index (χ3n) is 2.80. The zero-order valence-electron chi connectivity index (χ0n) is 11.7. The topological polar surface area (TPSA) is 64.3 Å². The summed E-state index contributed by atoms with van der Waals surface area (Å²) >= 11 is 0. The van der Waals surface area contributed by atoms with Crippen LogP contribution in [0.4, 0.5) is 10.1 Å². The molecule has 1 rings (SSSR count). The summed E-state index contributed by atoms with van der Waals surface area (Å²) in [6.07, 6.45) is 4.31. The van der Waals surface area contributed by atoms with Crippen LogP contribution in [-0.4, -0.2) is 19.6 Å². The molecule has 20 heavy (non-hydrogen) atoms. The molecule has 0 aliphatic rings.